The monoisotopic (exact) mass is 285 g/mol. The first-order valence-corrected chi connectivity index (χ1v) is 7.59. The third kappa shape index (κ3) is 2.49. The molecule has 0 fully saturated rings. The van der Waals surface area contributed by atoms with Gasteiger partial charge in [0.1, 0.15) is 0 Å². The third-order valence-electron chi connectivity index (χ3n) is 3.73. The molecule has 1 aliphatic carbocycles. The summed E-state index contributed by atoms with van der Waals surface area (Å²) in [5, 5.41) is 11.3. The molecule has 3 nitrogen and oxygen atoms in total. The van der Waals surface area contributed by atoms with Gasteiger partial charge in [0.2, 0.25) is 0 Å². The predicted molar refractivity (Wildman–Crippen MR) is 86.7 cm³/mol. The number of hydrogen-bond acceptors (Lipinski definition) is 4. The molecule has 3 N–H and O–H groups in total. The number of thioether (sulfide) groups is 1. The van der Waals surface area contributed by atoms with Gasteiger partial charge >= 0.3 is 0 Å². The highest BCUT2D eigenvalue weighted by atomic mass is 32.2. The summed E-state index contributed by atoms with van der Waals surface area (Å²) in [5.74, 6) is 0. The molecular weight excluding hydrogens is 266 g/mol. The van der Waals surface area contributed by atoms with Crippen LogP contribution in [0.2, 0.25) is 0 Å². The van der Waals surface area contributed by atoms with E-state index in [4.69, 9.17) is 0 Å². The fourth-order valence-electron chi connectivity index (χ4n) is 2.44. The van der Waals surface area contributed by atoms with Gasteiger partial charge in [-0.05, 0) is 37.8 Å². The molecule has 1 heterocycles. The number of fused-ring (bicyclic) bond motifs is 1. The minimum atomic E-state index is -0.113. The molecule has 1 aliphatic heterocycles. The van der Waals surface area contributed by atoms with Crippen molar-refractivity contribution in [1.82, 2.24) is 10.6 Å². The van der Waals surface area contributed by atoms with E-state index in [9.17, 15) is 0 Å². The van der Waals surface area contributed by atoms with E-state index in [2.05, 4.69) is 64.5 Å². The second-order valence-corrected chi connectivity index (χ2v) is 6.05. The first-order valence-electron chi connectivity index (χ1n) is 6.77. The van der Waals surface area contributed by atoms with Crippen LogP contribution < -0.4 is 16.0 Å². The van der Waals surface area contributed by atoms with E-state index in [1.807, 2.05) is 14.1 Å². The summed E-state index contributed by atoms with van der Waals surface area (Å²) in [4.78, 5) is 1.29. The van der Waals surface area contributed by atoms with Gasteiger partial charge < -0.3 is 16.0 Å². The molecule has 0 amide bonds. The molecule has 1 unspecified atom stereocenters. The summed E-state index contributed by atoms with van der Waals surface area (Å²) in [6.07, 6.45) is 9.79. The average molecular weight is 285 g/mol. The van der Waals surface area contributed by atoms with E-state index in [1.54, 1.807) is 11.8 Å². The number of hydrogen-bond donors (Lipinski definition) is 3. The van der Waals surface area contributed by atoms with Crippen molar-refractivity contribution in [3.05, 3.63) is 59.3 Å². The summed E-state index contributed by atoms with van der Waals surface area (Å²) in [6.45, 7) is 0. The van der Waals surface area contributed by atoms with Crippen molar-refractivity contribution in [2.75, 3.05) is 19.4 Å². The fraction of sp³-hybridized carbons (Fsp3) is 0.250. The minimum Gasteiger partial charge on any atom is -0.388 e. The molecule has 0 radical (unpaired) electrons. The fourth-order valence-corrected chi connectivity index (χ4v) is 3.48. The zero-order valence-electron chi connectivity index (χ0n) is 11.7. The highest BCUT2D eigenvalue weighted by Gasteiger charge is 2.26. The minimum absolute atomic E-state index is 0.113. The van der Waals surface area contributed by atoms with E-state index in [0.717, 1.165) is 6.42 Å². The third-order valence-corrected chi connectivity index (χ3v) is 4.74. The molecule has 2 aliphatic rings. The molecule has 0 saturated heterocycles. The molecule has 0 spiro atoms. The Balaban J connectivity index is 1.82. The lowest BCUT2D eigenvalue weighted by molar-refractivity contribution is 0.533. The topological polar surface area (TPSA) is 36.1 Å². The van der Waals surface area contributed by atoms with Gasteiger partial charge in [-0.1, -0.05) is 36.0 Å². The van der Waals surface area contributed by atoms with Crippen molar-refractivity contribution in [2.45, 2.75) is 16.9 Å². The molecular formula is C16H19N3S. The zero-order chi connectivity index (χ0) is 14.0. The van der Waals surface area contributed by atoms with E-state index in [-0.39, 0.29) is 5.54 Å². The maximum Gasteiger partial charge on any atom is 0.0756 e. The first kappa shape index (κ1) is 13.3. The molecule has 1 aromatic carbocycles. The normalized spacial score (nSPS) is 26.1. The van der Waals surface area contributed by atoms with Crippen LogP contribution in [0.3, 0.4) is 0 Å². The summed E-state index contributed by atoms with van der Waals surface area (Å²) >= 11 is 1.79. The Bertz CT molecular complexity index is 576. The van der Waals surface area contributed by atoms with Crippen molar-refractivity contribution < 1.29 is 0 Å². The molecule has 0 saturated carbocycles. The maximum absolute atomic E-state index is 3.48. The lowest BCUT2D eigenvalue weighted by Gasteiger charge is -2.29. The summed E-state index contributed by atoms with van der Waals surface area (Å²) in [6, 6.07) is 8.40. The smallest absolute Gasteiger partial charge is 0.0756 e. The molecule has 104 valence electrons. The lowest BCUT2D eigenvalue weighted by Crippen LogP contribution is -2.40. The van der Waals surface area contributed by atoms with E-state index in [0.29, 0.717) is 0 Å². The standard InChI is InChI=1S/C16H19N3S/c1-17-12-7-9-16(18-2,10-8-12)11-15-19-13-5-3-4-6-14(13)20-15/h3-9,11,17-19H,10H2,1-2H3. The van der Waals surface area contributed by atoms with Crippen LogP contribution in [0.15, 0.2) is 64.2 Å². The van der Waals surface area contributed by atoms with Gasteiger partial charge in [0.15, 0.2) is 0 Å². The van der Waals surface area contributed by atoms with Crippen molar-refractivity contribution >= 4 is 17.4 Å². The second-order valence-electron chi connectivity index (χ2n) is 4.97. The van der Waals surface area contributed by atoms with Crippen LogP contribution in [0.1, 0.15) is 6.42 Å². The van der Waals surface area contributed by atoms with Gasteiger partial charge in [-0.15, -0.1) is 0 Å². The summed E-state index contributed by atoms with van der Waals surface area (Å²) in [5.41, 5.74) is 2.25. The quantitative estimate of drug-likeness (QED) is 0.798. The van der Waals surface area contributed by atoms with Gasteiger partial charge in [-0.2, -0.15) is 0 Å². The van der Waals surface area contributed by atoms with Gasteiger partial charge in [0.25, 0.3) is 0 Å². The summed E-state index contributed by atoms with van der Waals surface area (Å²) in [7, 11) is 3.96. The van der Waals surface area contributed by atoms with Crippen LogP contribution in [0.25, 0.3) is 0 Å². The second kappa shape index (κ2) is 5.38. The number of para-hydroxylation sites is 1. The number of nitrogens with one attached hydrogen (secondary N) is 3. The van der Waals surface area contributed by atoms with Crippen LogP contribution in [0.5, 0.6) is 0 Å². The molecule has 4 heteroatoms. The lowest BCUT2D eigenvalue weighted by atomic mass is 9.90. The Morgan fingerprint density at radius 3 is 2.80 bits per heavy atom. The SMILES string of the molecule is CNC1=CCC(C=C2Nc3ccccc3S2)(NC)C=C1. The number of benzene rings is 1. The van der Waals surface area contributed by atoms with Crippen LogP contribution in [-0.2, 0) is 0 Å². The largest absolute Gasteiger partial charge is 0.388 e. The Morgan fingerprint density at radius 2 is 2.15 bits per heavy atom. The van der Waals surface area contributed by atoms with E-state index in [1.165, 1.54) is 21.3 Å². The van der Waals surface area contributed by atoms with Crippen molar-refractivity contribution in [3.63, 3.8) is 0 Å². The number of anilines is 1. The molecule has 20 heavy (non-hydrogen) atoms. The van der Waals surface area contributed by atoms with Crippen molar-refractivity contribution in [1.29, 1.82) is 0 Å². The molecule has 1 aromatic rings. The van der Waals surface area contributed by atoms with Crippen molar-refractivity contribution in [2.24, 2.45) is 0 Å². The molecule has 0 bridgehead atoms. The Kier molecular flexibility index (Phi) is 3.59. The molecule has 3 rings (SSSR count). The van der Waals surface area contributed by atoms with Gasteiger partial charge in [0, 0.05) is 17.6 Å². The highest BCUT2D eigenvalue weighted by molar-refractivity contribution is 8.03. The average Bonchev–Trinajstić information content (AvgIpc) is 2.90. The zero-order valence-corrected chi connectivity index (χ0v) is 12.6. The van der Waals surface area contributed by atoms with Gasteiger partial charge in [0.05, 0.1) is 16.3 Å². The molecule has 1 atom stereocenters. The Morgan fingerprint density at radius 1 is 1.30 bits per heavy atom. The highest BCUT2D eigenvalue weighted by Crippen LogP contribution is 2.41. The van der Waals surface area contributed by atoms with Crippen molar-refractivity contribution in [3.8, 4) is 0 Å². The van der Waals surface area contributed by atoms with E-state index >= 15 is 0 Å². The van der Waals surface area contributed by atoms with Crippen LogP contribution in [0.4, 0.5) is 5.69 Å². The van der Waals surface area contributed by atoms with Gasteiger partial charge in [-0.25, -0.2) is 0 Å². The van der Waals surface area contributed by atoms with Gasteiger partial charge in [-0.3, -0.25) is 0 Å². The van der Waals surface area contributed by atoms with Crippen LogP contribution >= 0.6 is 11.8 Å². The number of rotatable bonds is 3. The molecule has 0 aromatic heterocycles. The van der Waals surface area contributed by atoms with Crippen LogP contribution in [-0.4, -0.2) is 19.6 Å². The van der Waals surface area contributed by atoms with Crippen LogP contribution in [0, 0.1) is 0 Å². The number of likely N-dealkylation sites (N-methyl/N-ethyl adjacent to an activating group) is 2. The first-order chi connectivity index (χ1) is 9.74. The number of allylic oxidation sites excluding steroid dienone is 1. The Labute approximate surface area is 124 Å². The van der Waals surface area contributed by atoms with E-state index < -0.39 is 0 Å². The Hall–Kier alpha value is -1.65. The maximum atomic E-state index is 3.48. The summed E-state index contributed by atoms with van der Waals surface area (Å²) < 4.78 is 0. The predicted octanol–water partition coefficient (Wildman–Crippen LogP) is 3.07.